The number of aryl methyl sites for hydroxylation is 1. The average Bonchev–Trinajstić information content (AvgIpc) is 2.04. The number of benzene rings is 1. The second-order valence-electron chi connectivity index (χ2n) is 2.80. The Morgan fingerprint density at radius 3 is 2.83 bits per heavy atom. The van der Waals surface area contributed by atoms with Gasteiger partial charge in [0.1, 0.15) is 5.75 Å². The molecular formula is C10H9NO. The van der Waals surface area contributed by atoms with Crippen molar-refractivity contribution in [3.05, 3.63) is 36.0 Å². The first-order valence-electron chi connectivity index (χ1n) is 3.82. The number of phenols is 1. The van der Waals surface area contributed by atoms with Crippen LogP contribution in [0.5, 0.6) is 5.75 Å². The van der Waals surface area contributed by atoms with E-state index in [9.17, 15) is 5.11 Å². The molecule has 1 heterocycles. The molecule has 0 atom stereocenters. The normalized spacial score (nSPS) is 10.4. The van der Waals surface area contributed by atoms with E-state index in [4.69, 9.17) is 0 Å². The number of aromatic hydroxyl groups is 1. The first-order valence-corrected chi connectivity index (χ1v) is 3.82. The van der Waals surface area contributed by atoms with Crippen molar-refractivity contribution >= 4 is 10.9 Å². The molecule has 0 aliphatic heterocycles. The maximum atomic E-state index is 9.51. The summed E-state index contributed by atoms with van der Waals surface area (Å²) in [5, 5.41) is 10.4. The van der Waals surface area contributed by atoms with Gasteiger partial charge in [-0.15, -0.1) is 0 Å². The van der Waals surface area contributed by atoms with E-state index in [0.717, 1.165) is 16.5 Å². The quantitative estimate of drug-likeness (QED) is 0.639. The van der Waals surface area contributed by atoms with Crippen LogP contribution >= 0.6 is 0 Å². The standard InChI is InChI=1S/C10H9NO/c1-7-5-6-11-8-3-2-4-9(12)10(7)8/h2-6,12H,1H3. The van der Waals surface area contributed by atoms with Gasteiger partial charge in [-0.25, -0.2) is 0 Å². The van der Waals surface area contributed by atoms with Crippen LogP contribution in [0.3, 0.4) is 0 Å². The summed E-state index contributed by atoms with van der Waals surface area (Å²) < 4.78 is 0. The molecule has 0 saturated carbocycles. The number of rotatable bonds is 0. The summed E-state index contributed by atoms with van der Waals surface area (Å²) >= 11 is 0. The molecule has 1 aromatic heterocycles. The third-order valence-electron chi connectivity index (χ3n) is 1.95. The summed E-state index contributed by atoms with van der Waals surface area (Å²) in [4.78, 5) is 4.14. The Kier molecular flexibility index (Phi) is 1.47. The lowest BCUT2D eigenvalue weighted by molar-refractivity contribution is 0.481. The fourth-order valence-corrected chi connectivity index (χ4v) is 1.35. The van der Waals surface area contributed by atoms with E-state index in [1.807, 2.05) is 19.1 Å². The second kappa shape index (κ2) is 2.48. The fourth-order valence-electron chi connectivity index (χ4n) is 1.35. The predicted octanol–water partition coefficient (Wildman–Crippen LogP) is 2.25. The minimum absolute atomic E-state index is 0.304. The van der Waals surface area contributed by atoms with Gasteiger partial charge in [0, 0.05) is 11.6 Å². The van der Waals surface area contributed by atoms with Crippen molar-refractivity contribution in [2.75, 3.05) is 0 Å². The minimum Gasteiger partial charge on any atom is -0.507 e. The Labute approximate surface area is 70.5 Å². The molecule has 2 rings (SSSR count). The molecule has 60 valence electrons. The van der Waals surface area contributed by atoms with Gasteiger partial charge in [0.15, 0.2) is 0 Å². The number of aromatic nitrogens is 1. The molecule has 0 amide bonds. The molecule has 0 spiro atoms. The van der Waals surface area contributed by atoms with Gasteiger partial charge in [-0.05, 0) is 30.7 Å². The van der Waals surface area contributed by atoms with Gasteiger partial charge in [0.2, 0.25) is 0 Å². The highest BCUT2D eigenvalue weighted by Gasteiger charge is 2.01. The van der Waals surface area contributed by atoms with Gasteiger partial charge in [-0.1, -0.05) is 6.07 Å². The molecule has 0 unspecified atom stereocenters. The van der Waals surface area contributed by atoms with Crippen LogP contribution in [-0.2, 0) is 0 Å². The zero-order chi connectivity index (χ0) is 8.55. The summed E-state index contributed by atoms with van der Waals surface area (Å²) in [5.74, 6) is 0.304. The maximum absolute atomic E-state index is 9.51. The van der Waals surface area contributed by atoms with E-state index in [0.29, 0.717) is 5.75 Å². The highest BCUT2D eigenvalue weighted by molar-refractivity contribution is 5.87. The van der Waals surface area contributed by atoms with E-state index >= 15 is 0 Å². The smallest absolute Gasteiger partial charge is 0.125 e. The molecule has 0 bridgehead atoms. The first-order chi connectivity index (χ1) is 5.79. The van der Waals surface area contributed by atoms with Crippen LogP contribution in [0.25, 0.3) is 10.9 Å². The first kappa shape index (κ1) is 7.10. The molecule has 1 N–H and O–H groups in total. The fraction of sp³-hybridized carbons (Fsp3) is 0.100. The van der Waals surface area contributed by atoms with E-state index in [2.05, 4.69) is 4.98 Å². The minimum atomic E-state index is 0.304. The summed E-state index contributed by atoms with van der Waals surface area (Å²) in [6, 6.07) is 7.26. The van der Waals surface area contributed by atoms with Gasteiger partial charge >= 0.3 is 0 Å². The number of hydrogen-bond donors (Lipinski definition) is 1. The number of phenolic OH excluding ortho intramolecular Hbond substituents is 1. The lowest BCUT2D eigenvalue weighted by Crippen LogP contribution is -1.81. The average molecular weight is 159 g/mol. The summed E-state index contributed by atoms with van der Waals surface area (Å²) in [6.45, 7) is 1.96. The van der Waals surface area contributed by atoms with Crippen LogP contribution in [0.15, 0.2) is 30.5 Å². The Balaban J connectivity index is 2.96. The molecule has 2 heteroatoms. The van der Waals surface area contributed by atoms with Gasteiger partial charge in [-0.3, -0.25) is 4.98 Å². The summed E-state index contributed by atoms with van der Waals surface area (Å²) in [5.41, 5.74) is 1.90. The van der Waals surface area contributed by atoms with Crippen molar-refractivity contribution in [3.63, 3.8) is 0 Å². The lowest BCUT2D eigenvalue weighted by atomic mass is 10.1. The third kappa shape index (κ3) is 0.925. The molecule has 1 aromatic carbocycles. The van der Waals surface area contributed by atoms with Crippen LogP contribution in [0.2, 0.25) is 0 Å². The number of pyridine rings is 1. The number of fused-ring (bicyclic) bond motifs is 1. The monoisotopic (exact) mass is 159 g/mol. The van der Waals surface area contributed by atoms with E-state index in [1.165, 1.54) is 0 Å². The Morgan fingerprint density at radius 2 is 2.08 bits per heavy atom. The molecule has 0 fully saturated rings. The van der Waals surface area contributed by atoms with E-state index < -0.39 is 0 Å². The zero-order valence-electron chi connectivity index (χ0n) is 6.78. The predicted molar refractivity (Wildman–Crippen MR) is 48.1 cm³/mol. The van der Waals surface area contributed by atoms with Crippen molar-refractivity contribution < 1.29 is 5.11 Å². The van der Waals surface area contributed by atoms with Crippen molar-refractivity contribution in [1.29, 1.82) is 0 Å². The summed E-state index contributed by atoms with van der Waals surface area (Å²) in [6.07, 6.45) is 1.75. The number of hydrogen-bond acceptors (Lipinski definition) is 2. The van der Waals surface area contributed by atoms with Crippen LogP contribution < -0.4 is 0 Å². The van der Waals surface area contributed by atoms with Crippen molar-refractivity contribution in [2.45, 2.75) is 6.92 Å². The van der Waals surface area contributed by atoms with Gasteiger partial charge in [0.25, 0.3) is 0 Å². The number of nitrogens with zero attached hydrogens (tertiary/aromatic N) is 1. The Hall–Kier alpha value is -1.57. The second-order valence-corrected chi connectivity index (χ2v) is 2.80. The third-order valence-corrected chi connectivity index (χ3v) is 1.95. The zero-order valence-corrected chi connectivity index (χ0v) is 6.78. The maximum Gasteiger partial charge on any atom is 0.125 e. The van der Waals surface area contributed by atoms with Crippen LogP contribution in [0, 0.1) is 6.92 Å². The molecule has 12 heavy (non-hydrogen) atoms. The highest BCUT2D eigenvalue weighted by Crippen LogP contribution is 2.25. The van der Waals surface area contributed by atoms with Crippen LogP contribution in [0.1, 0.15) is 5.56 Å². The molecule has 0 aliphatic rings. The molecule has 0 saturated heterocycles. The van der Waals surface area contributed by atoms with Gasteiger partial charge in [0.05, 0.1) is 5.52 Å². The topological polar surface area (TPSA) is 33.1 Å². The SMILES string of the molecule is Cc1ccnc2cccc(O)c12. The molecule has 0 aliphatic carbocycles. The molecular weight excluding hydrogens is 150 g/mol. The van der Waals surface area contributed by atoms with Gasteiger partial charge in [-0.2, -0.15) is 0 Å². The van der Waals surface area contributed by atoms with Crippen molar-refractivity contribution in [1.82, 2.24) is 4.98 Å². The van der Waals surface area contributed by atoms with Gasteiger partial charge < -0.3 is 5.11 Å². The van der Waals surface area contributed by atoms with E-state index in [-0.39, 0.29) is 0 Å². The van der Waals surface area contributed by atoms with Crippen LogP contribution in [0.4, 0.5) is 0 Å². The van der Waals surface area contributed by atoms with Crippen LogP contribution in [-0.4, -0.2) is 10.1 Å². The molecule has 2 nitrogen and oxygen atoms in total. The Bertz CT molecular complexity index is 386. The molecule has 0 radical (unpaired) electrons. The van der Waals surface area contributed by atoms with Crippen molar-refractivity contribution in [3.8, 4) is 5.75 Å². The molecule has 2 aromatic rings. The Morgan fingerprint density at radius 1 is 1.25 bits per heavy atom. The van der Waals surface area contributed by atoms with Crippen molar-refractivity contribution in [2.24, 2.45) is 0 Å². The summed E-state index contributed by atoms with van der Waals surface area (Å²) in [7, 11) is 0. The largest absolute Gasteiger partial charge is 0.507 e. The highest BCUT2D eigenvalue weighted by atomic mass is 16.3. The van der Waals surface area contributed by atoms with E-state index in [1.54, 1.807) is 18.3 Å². The lowest BCUT2D eigenvalue weighted by Gasteiger charge is -2.01.